The number of oxazole rings is 1. The van der Waals surface area contributed by atoms with Crippen molar-refractivity contribution < 1.29 is 13.9 Å². The van der Waals surface area contributed by atoms with Crippen LogP contribution in [0.2, 0.25) is 0 Å². The monoisotopic (exact) mass is 443 g/mol. The van der Waals surface area contributed by atoms with Crippen molar-refractivity contribution in [3.8, 4) is 5.75 Å². The zero-order chi connectivity index (χ0) is 22.2. The van der Waals surface area contributed by atoms with Gasteiger partial charge in [-0.1, -0.05) is 47.8 Å². The van der Waals surface area contributed by atoms with Crippen molar-refractivity contribution in [2.24, 2.45) is 0 Å². The van der Waals surface area contributed by atoms with Gasteiger partial charge in [0.25, 0.3) is 0 Å². The number of aromatic nitrogens is 1. The lowest BCUT2D eigenvalue weighted by molar-refractivity contribution is 0.104. The number of rotatable bonds is 9. The van der Waals surface area contributed by atoms with E-state index in [1.807, 2.05) is 73.7 Å². The molecule has 0 amide bonds. The third kappa shape index (κ3) is 5.83. The van der Waals surface area contributed by atoms with E-state index in [1.54, 1.807) is 18.2 Å². The van der Waals surface area contributed by atoms with Gasteiger partial charge in [-0.05, 0) is 73.4 Å². The number of para-hydroxylation sites is 2. The van der Waals surface area contributed by atoms with Gasteiger partial charge in [0.05, 0.1) is 6.61 Å². The number of nitrogens with zero attached hydrogens (tertiary/aromatic N) is 1. The van der Waals surface area contributed by atoms with E-state index in [-0.39, 0.29) is 5.78 Å². The fourth-order valence-electron chi connectivity index (χ4n) is 3.17. The highest BCUT2D eigenvalue weighted by atomic mass is 32.1. The quantitative estimate of drug-likeness (QED) is 0.105. The molecule has 0 unspecified atom stereocenters. The molecule has 0 saturated carbocycles. The van der Waals surface area contributed by atoms with Crippen LogP contribution in [0, 0.1) is 6.92 Å². The van der Waals surface area contributed by atoms with Gasteiger partial charge < -0.3 is 9.15 Å². The molecule has 0 fully saturated rings. The first-order valence-corrected chi connectivity index (χ1v) is 11.5. The lowest BCUT2D eigenvalue weighted by Crippen LogP contribution is -1.99. The van der Waals surface area contributed by atoms with Crippen LogP contribution < -0.4 is 4.74 Å². The zero-order valence-corrected chi connectivity index (χ0v) is 18.8. The fourth-order valence-corrected chi connectivity index (χ4v) is 3.96. The van der Waals surface area contributed by atoms with Crippen LogP contribution >= 0.6 is 11.4 Å². The summed E-state index contributed by atoms with van der Waals surface area (Å²) in [6.07, 6.45) is 5.27. The molecule has 4 aromatic rings. The summed E-state index contributed by atoms with van der Waals surface area (Å²) in [6, 6.07) is 23.1. The molecular formula is C27H25NO3S. The number of aryl methyl sites for hydroxylation is 1. The number of carbonyl (C=O) groups excluding carboxylic acids is 1. The van der Waals surface area contributed by atoms with Crippen molar-refractivity contribution in [3.63, 3.8) is 0 Å². The number of ether oxygens (including phenoxy) is 1. The summed E-state index contributed by atoms with van der Waals surface area (Å²) in [5.74, 6) is 0.744. The van der Waals surface area contributed by atoms with Crippen LogP contribution in [0.15, 0.2) is 88.5 Å². The highest BCUT2D eigenvalue weighted by Gasteiger charge is 2.03. The topological polar surface area (TPSA) is 52.3 Å². The first kappa shape index (κ1) is 21.8. The number of carbonyl (C=O) groups is 1. The van der Waals surface area contributed by atoms with Crippen molar-refractivity contribution in [1.82, 2.24) is 4.98 Å². The second-order valence-corrected chi connectivity index (χ2v) is 8.35. The maximum atomic E-state index is 12.4. The summed E-state index contributed by atoms with van der Waals surface area (Å²) < 4.78 is 11.5. The Labute approximate surface area is 191 Å². The minimum atomic E-state index is -0.0207. The van der Waals surface area contributed by atoms with Gasteiger partial charge in [0.15, 0.2) is 11.4 Å². The molecule has 1 heterocycles. The minimum Gasteiger partial charge on any atom is -0.494 e. The molecule has 5 heteroatoms. The van der Waals surface area contributed by atoms with Gasteiger partial charge in [-0.3, -0.25) is 4.79 Å². The summed E-state index contributed by atoms with van der Waals surface area (Å²) in [4.78, 5) is 16.9. The molecule has 4 nitrogen and oxygen atoms in total. The lowest BCUT2D eigenvalue weighted by Gasteiger charge is -2.05. The molecular weight excluding hydrogens is 418 g/mol. The van der Waals surface area contributed by atoms with Gasteiger partial charge in [-0.2, -0.15) is 0 Å². The van der Waals surface area contributed by atoms with E-state index < -0.39 is 0 Å². The number of thiol groups is 1. The molecule has 0 N–H and O–H groups in total. The number of unbranched alkanes of at least 4 members (excludes halogenated alkanes) is 1. The highest BCUT2D eigenvalue weighted by molar-refractivity contribution is 7.97. The third-order valence-electron chi connectivity index (χ3n) is 4.97. The van der Waals surface area contributed by atoms with Crippen LogP contribution in [0.25, 0.3) is 17.2 Å². The van der Waals surface area contributed by atoms with E-state index in [9.17, 15) is 4.79 Å². The number of fused-ring (bicyclic) bond motifs is 1. The van der Waals surface area contributed by atoms with Gasteiger partial charge in [-0.15, -0.1) is 11.4 Å². The summed E-state index contributed by atoms with van der Waals surface area (Å²) in [6.45, 7) is 2.64. The average Bonchev–Trinajstić information content (AvgIpc) is 3.24. The normalized spacial score (nSPS) is 11.8. The number of benzene rings is 3. The number of ketones is 1. The third-order valence-corrected chi connectivity index (χ3v) is 5.83. The van der Waals surface area contributed by atoms with Crippen molar-refractivity contribution in [3.05, 3.63) is 95.6 Å². The Morgan fingerprint density at radius 2 is 1.81 bits per heavy atom. The van der Waals surface area contributed by atoms with E-state index in [4.69, 9.17) is 9.15 Å². The van der Waals surface area contributed by atoms with E-state index in [0.29, 0.717) is 17.4 Å². The lowest BCUT2D eigenvalue weighted by atomic mass is 10.1. The Balaban J connectivity index is 1.21. The Bertz CT molecular complexity index is 1220. The van der Waals surface area contributed by atoms with E-state index in [0.717, 1.165) is 52.2 Å². The molecule has 0 aliphatic heterocycles. The van der Waals surface area contributed by atoms with Crippen LogP contribution in [0.5, 0.6) is 5.75 Å². The van der Waals surface area contributed by atoms with E-state index >= 15 is 0 Å². The molecule has 0 saturated heterocycles. The molecule has 0 spiro atoms. The van der Waals surface area contributed by atoms with Crippen molar-refractivity contribution in [2.45, 2.75) is 25.0 Å². The molecule has 0 aliphatic rings. The number of hydrogen-bond acceptors (Lipinski definition) is 4. The SMILES string of the molecule is Cc1ccccc1/C=C/C(=O)c1ccc(OCCCC=[SH]c2nc3ccccc3o2)cc1. The molecule has 4 rings (SSSR count). The molecule has 0 atom stereocenters. The van der Waals surface area contributed by atoms with Gasteiger partial charge >= 0.3 is 0 Å². The van der Waals surface area contributed by atoms with Crippen LogP contribution in [0.4, 0.5) is 0 Å². The first-order valence-electron chi connectivity index (χ1n) is 10.6. The fraction of sp³-hybridized carbons (Fsp3) is 0.148. The Morgan fingerprint density at radius 3 is 2.62 bits per heavy atom. The number of allylic oxidation sites excluding steroid dienone is 1. The van der Waals surface area contributed by atoms with Gasteiger partial charge in [0.1, 0.15) is 11.3 Å². The van der Waals surface area contributed by atoms with Gasteiger partial charge in [0.2, 0.25) is 5.22 Å². The second-order valence-electron chi connectivity index (χ2n) is 7.35. The largest absolute Gasteiger partial charge is 0.494 e. The van der Waals surface area contributed by atoms with Gasteiger partial charge in [-0.25, -0.2) is 4.98 Å². The standard InChI is InChI=1S/C27H25NO3S/c1-20-8-2-3-9-21(20)14-17-25(29)22-12-15-23(16-13-22)30-18-6-7-19-32-27-28-24-10-4-5-11-26(24)31-27/h2-5,8-17,19,32H,6-7,18H2,1H3/b17-14+. The maximum absolute atomic E-state index is 12.4. The Kier molecular flexibility index (Phi) is 7.31. The van der Waals surface area contributed by atoms with Crippen molar-refractivity contribution >= 4 is 39.7 Å². The summed E-state index contributed by atoms with van der Waals surface area (Å²) in [5, 5.41) is 2.85. The Morgan fingerprint density at radius 1 is 1.03 bits per heavy atom. The second kappa shape index (κ2) is 10.7. The van der Waals surface area contributed by atoms with Crippen LogP contribution in [-0.4, -0.2) is 22.7 Å². The predicted octanol–water partition coefficient (Wildman–Crippen LogP) is 6.52. The Hall–Kier alpha value is -3.44. The molecule has 32 heavy (non-hydrogen) atoms. The molecule has 0 bridgehead atoms. The molecule has 162 valence electrons. The number of hydrogen-bond donors (Lipinski definition) is 1. The predicted molar refractivity (Wildman–Crippen MR) is 133 cm³/mol. The molecule has 3 aromatic carbocycles. The van der Waals surface area contributed by atoms with Crippen LogP contribution in [0.3, 0.4) is 0 Å². The van der Waals surface area contributed by atoms with Crippen LogP contribution in [-0.2, 0) is 0 Å². The summed E-state index contributed by atoms with van der Waals surface area (Å²) >= 11 is 0.973. The smallest absolute Gasteiger partial charge is 0.247 e. The average molecular weight is 444 g/mol. The van der Waals surface area contributed by atoms with Crippen LogP contribution in [0.1, 0.15) is 34.3 Å². The maximum Gasteiger partial charge on any atom is 0.247 e. The van der Waals surface area contributed by atoms with Crippen molar-refractivity contribution in [2.75, 3.05) is 6.61 Å². The van der Waals surface area contributed by atoms with Crippen molar-refractivity contribution in [1.29, 1.82) is 0 Å². The summed E-state index contributed by atoms with van der Waals surface area (Å²) in [5.41, 5.74) is 4.55. The summed E-state index contributed by atoms with van der Waals surface area (Å²) in [7, 11) is 0. The van der Waals surface area contributed by atoms with Gasteiger partial charge in [0, 0.05) is 5.56 Å². The molecule has 1 aromatic heterocycles. The zero-order valence-electron chi connectivity index (χ0n) is 17.9. The molecule has 0 aliphatic carbocycles. The first-order chi connectivity index (χ1) is 15.7. The van der Waals surface area contributed by atoms with E-state index in [2.05, 4.69) is 10.4 Å². The highest BCUT2D eigenvalue weighted by Crippen LogP contribution is 2.19. The molecule has 0 radical (unpaired) electrons. The van der Waals surface area contributed by atoms with E-state index in [1.165, 1.54) is 0 Å². The minimum absolute atomic E-state index is 0.0207.